The molecule has 0 amide bonds. The van der Waals surface area contributed by atoms with Crippen molar-refractivity contribution in [1.29, 1.82) is 0 Å². The molecule has 38 heavy (non-hydrogen) atoms. The summed E-state index contributed by atoms with van der Waals surface area (Å²) in [5, 5.41) is 10.3. The molecule has 0 fully saturated rings. The molecule has 0 radical (unpaired) electrons. The standard InChI is InChI=1S/C29H38O9/c1-7-35-25(31)17-38-24-13-10-20(16-23(24)30)14-18(4)19(5)15-21-11-12-22(28(32)36-8-2)26(27(21)34-6)29(33)37-9-3/h10-13,16,18-19,30H,7-9,14-15,17H2,1-6H3. The molecule has 0 spiro atoms. The zero-order valence-corrected chi connectivity index (χ0v) is 23.0. The summed E-state index contributed by atoms with van der Waals surface area (Å²) in [6.45, 7) is 9.59. The molecule has 2 rings (SSSR count). The highest BCUT2D eigenvalue weighted by Gasteiger charge is 2.27. The number of aromatic hydroxyl groups is 1. The van der Waals surface area contributed by atoms with Crippen LogP contribution in [0.3, 0.4) is 0 Å². The average molecular weight is 531 g/mol. The number of methoxy groups -OCH3 is 1. The van der Waals surface area contributed by atoms with Crippen molar-refractivity contribution in [1.82, 2.24) is 0 Å². The van der Waals surface area contributed by atoms with Crippen LogP contribution in [-0.4, -0.2) is 56.6 Å². The van der Waals surface area contributed by atoms with Gasteiger partial charge in [0, 0.05) is 0 Å². The number of hydrogen-bond acceptors (Lipinski definition) is 9. The fourth-order valence-electron chi connectivity index (χ4n) is 4.08. The minimum absolute atomic E-state index is 0.0537. The van der Waals surface area contributed by atoms with Gasteiger partial charge in [0.15, 0.2) is 18.1 Å². The Kier molecular flexibility index (Phi) is 11.9. The van der Waals surface area contributed by atoms with E-state index >= 15 is 0 Å². The molecule has 9 nitrogen and oxygen atoms in total. The second-order valence-electron chi connectivity index (χ2n) is 8.88. The molecule has 0 saturated carbocycles. The number of benzene rings is 2. The van der Waals surface area contributed by atoms with Crippen LogP contribution in [0.1, 0.15) is 66.5 Å². The van der Waals surface area contributed by atoms with Crippen molar-refractivity contribution < 1.29 is 43.2 Å². The van der Waals surface area contributed by atoms with Gasteiger partial charge >= 0.3 is 17.9 Å². The molecule has 2 atom stereocenters. The van der Waals surface area contributed by atoms with Gasteiger partial charge in [0.25, 0.3) is 0 Å². The number of esters is 3. The van der Waals surface area contributed by atoms with Gasteiger partial charge < -0.3 is 28.8 Å². The van der Waals surface area contributed by atoms with Crippen LogP contribution in [0.25, 0.3) is 0 Å². The lowest BCUT2D eigenvalue weighted by Crippen LogP contribution is -2.18. The third kappa shape index (κ3) is 8.13. The molecule has 0 aliphatic heterocycles. The highest BCUT2D eigenvalue weighted by molar-refractivity contribution is 6.05. The summed E-state index contributed by atoms with van der Waals surface area (Å²) in [6, 6.07) is 8.45. The summed E-state index contributed by atoms with van der Waals surface area (Å²) in [6.07, 6.45) is 1.24. The Morgan fingerprint density at radius 3 is 2.08 bits per heavy atom. The quantitative estimate of drug-likeness (QED) is 0.273. The molecule has 0 aliphatic carbocycles. The topological polar surface area (TPSA) is 118 Å². The number of phenolic OH excluding ortho intramolecular Hbond substituents is 1. The van der Waals surface area contributed by atoms with Gasteiger partial charge in [-0.05, 0) is 74.8 Å². The Bertz CT molecular complexity index is 1110. The predicted octanol–water partition coefficient (Wildman–Crippen LogP) is 4.75. The van der Waals surface area contributed by atoms with Gasteiger partial charge in [-0.3, -0.25) is 0 Å². The minimum atomic E-state index is -0.643. The SMILES string of the molecule is CCOC(=O)COc1ccc(CC(C)C(C)Cc2ccc(C(=O)OCC)c(C(=O)OCC)c2OC)cc1O. The number of phenols is 1. The van der Waals surface area contributed by atoms with Crippen LogP contribution in [-0.2, 0) is 31.8 Å². The van der Waals surface area contributed by atoms with E-state index in [1.54, 1.807) is 45.0 Å². The first-order valence-corrected chi connectivity index (χ1v) is 12.8. The molecular weight excluding hydrogens is 492 g/mol. The maximum absolute atomic E-state index is 12.8. The van der Waals surface area contributed by atoms with Gasteiger partial charge in [0.05, 0.1) is 32.5 Å². The predicted molar refractivity (Wildman–Crippen MR) is 141 cm³/mol. The highest BCUT2D eigenvalue weighted by atomic mass is 16.6. The molecule has 2 aromatic carbocycles. The van der Waals surface area contributed by atoms with Crippen molar-refractivity contribution >= 4 is 17.9 Å². The summed E-state index contributed by atoms with van der Waals surface area (Å²) >= 11 is 0. The van der Waals surface area contributed by atoms with Crippen molar-refractivity contribution in [3.63, 3.8) is 0 Å². The van der Waals surface area contributed by atoms with E-state index in [2.05, 4.69) is 13.8 Å². The maximum atomic E-state index is 12.8. The van der Waals surface area contributed by atoms with Crippen LogP contribution < -0.4 is 9.47 Å². The summed E-state index contributed by atoms with van der Waals surface area (Å²) in [7, 11) is 1.46. The minimum Gasteiger partial charge on any atom is -0.504 e. The average Bonchev–Trinajstić information content (AvgIpc) is 2.88. The van der Waals surface area contributed by atoms with Gasteiger partial charge in [-0.15, -0.1) is 0 Å². The van der Waals surface area contributed by atoms with Gasteiger partial charge in [-0.2, -0.15) is 0 Å². The normalized spacial score (nSPS) is 12.3. The van der Waals surface area contributed by atoms with Crippen molar-refractivity contribution in [2.75, 3.05) is 33.5 Å². The molecule has 0 heterocycles. The smallest absolute Gasteiger partial charge is 0.344 e. The van der Waals surface area contributed by atoms with E-state index in [-0.39, 0.29) is 60.9 Å². The molecular formula is C29H38O9. The van der Waals surface area contributed by atoms with Gasteiger partial charge in [0.1, 0.15) is 11.3 Å². The van der Waals surface area contributed by atoms with E-state index in [1.807, 2.05) is 6.07 Å². The van der Waals surface area contributed by atoms with Crippen molar-refractivity contribution in [2.45, 2.75) is 47.5 Å². The zero-order chi connectivity index (χ0) is 28.2. The largest absolute Gasteiger partial charge is 0.504 e. The number of carbonyl (C=O) groups excluding carboxylic acids is 3. The van der Waals surface area contributed by atoms with E-state index in [0.29, 0.717) is 18.6 Å². The first-order valence-electron chi connectivity index (χ1n) is 12.8. The molecule has 0 saturated heterocycles. The summed E-state index contributed by atoms with van der Waals surface area (Å²) in [4.78, 5) is 36.8. The molecule has 0 aromatic heterocycles. The Morgan fingerprint density at radius 2 is 1.47 bits per heavy atom. The summed E-state index contributed by atoms with van der Waals surface area (Å²) in [5.41, 5.74) is 1.84. The Morgan fingerprint density at radius 1 is 0.842 bits per heavy atom. The van der Waals surface area contributed by atoms with Crippen molar-refractivity contribution in [3.8, 4) is 17.2 Å². The third-order valence-corrected chi connectivity index (χ3v) is 6.16. The monoisotopic (exact) mass is 530 g/mol. The summed E-state index contributed by atoms with van der Waals surface area (Å²) < 4.78 is 26.1. The van der Waals surface area contributed by atoms with E-state index in [4.69, 9.17) is 23.7 Å². The number of carbonyl (C=O) groups is 3. The summed E-state index contributed by atoms with van der Waals surface area (Å²) in [5.74, 6) is -0.978. The molecule has 9 heteroatoms. The Labute approximate surface area is 224 Å². The maximum Gasteiger partial charge on any atom is 0.344 e. The zero-order valence-electron chi connectivity index (χ0n) is 23.0. The van der Waals surface area contributed by atoms with Gasteiger partial charge in [0.2, 0.25) is 0 Å². The van der Waals surface area contributed by atoms with Gasteiger partial charge in [-0.25, -0.2) is 14.4 Å². The lowest BCUT2D eigenvalue weighted by Gasteiger charge is -2.23. The van der Waals surface area contributed by atoms with Crippen LogP contribution in [0, 0.1) is 11.8 Å². The van der Waals surface area contributed by atoms with E-state index < -0.39 is 17.9 Å². The van der Waals surface area contributed by atoms with Crippen LogP contribution in [0.2, 0.25) is 0 Å². The van der Waals surface area contributed by atoms with E-state index in [0.717, 1.165) is 11.1 Å². The van der Waals surface area contributed by atoms with Crippen LogP contribution in [0.4, 0.5) is 0 Å². The molecule has 2 aromatic rings. The highest BCUT2D eigenvalue weighted by Crippen LogP contribution is 2.34. The lowest BCUT2D eigenvalue weighted by molar-refractivity contribution is -0.145. The number of ether oxygens (including phenoxy) is 5. The van der Waals surface area contributed by atoms with E-state index in [9.17, 15) is 19.5 Å². The first kappa shape index (κ1) is 30.5. The second kappa shape index (κ2) is 14.9. The van der Waals surface area contributed by atoms with Crippen LogP contribution in [0.15, 0.2) is 30.3 Å². The Hall–Kier alpha value is -3.75. The molecule has 0 bridgehead atoms. The number of hydrogen-bond donors (Lipinski definition) is 1. The van der Waals surface area contributed by atoms with Crippen molar-refractivity contribution in [2.24, 2.45) is 11.8 Å². The molecule has 208 valence electrons. The third-order valence-electron chi connectivity index (χ3n) is 6.16. The number of rotatable bonds is 14. The second-order valence-corrected chi connectivity index (χ2v) is 8.88. The fourth-order valence-corrected chi connectivity index (χ4v) is 4.08. The van der Waals surface area contributed by atoms with Crippen molar-refractivity contribution in [3.05, 3.63) is 52.6 Å². The lowest BCUT2D eigenvalue weighted by atomic mass is 9.84. The van der Waals surface area contributed by atoms with Gasteiger partial charge in [-0.1, -0.05) is 26.0 Å². The first-order chi connectivity index (χ1) is 18.2. The fraction of sp³-hybridized carbons (Fsp3) is 0.483. The molecule has 0 aliphatic rings. The molecule has 1 N–H and O–H groups in total. The molecule has 2 unspecified atom stereocenters. The Balaban J connectivity index is 2.19. The van der Waals surface area contributed by atoms with E-state index in [1.165, 1.54) is 7.11 Å². The van der Waals surface area contributed by atoms with Crippen LogP contribution >= 0.6 is 0 Å². The van der Waals surface area contributed by atoms with Crippen LogP contribution in [0.5, 0.6) is 17.2 Å².